The number of ketones is 1. The van der Waals surface area contributed by atoms with Gasteiger partial charge < -0.3 is 56.8 Å². The summed E-state index contributed by atoms with van der Waals surface area (Å²) in [6, 6.07) is 0. The topological polar surface area (TPSA) is 128 Å². The molecule has 0 N–H and O–H groups in total. The van der Waals surface area contributed by atoms with Gasteiger partial charge >= 0.3 is 0 Å². The molecule has 13 heteroatoms. The second kappa shape index (κ2) is 46.2. The summed E-state index contributed by atoms with van der Waals surface area (Å²) in [7, 11) is 0. The predicted molar refractivity (Wildman–Crippen MR) is 192 cm³/mol. The van der Waals surface area contributed by atoms with E-state index in [9.17, 15) is 4.79 Å². The molecule has 0 saturated heterocycles. The molecule has 0 unspecified atom stereocenters. The molecule has 2 aliphatic carbocycles. The Morgan fingerprint density at radius 3 is 0.660 bits per heavy atom. The molecular formula is C37H74O13. The first-order chi connectivity index (χ1) is 24.8. The summed E-state index contributed by atoms with van der Waals surface area (Å²) in [6.07, 6.45) is 13.2. The highest BCUT2D eigenvalue weighted by molar-refractivity contribution is 5.75. The van der Waals surface area contributed by atoms with Gasteiger partial charge in [-0.05, 0) is 13.3 Å². The van der Waals surface area contributed by atoms with Gasteiger partial charge in [0, 0.05) is 13.0 Å². The summed E-state index contributed by atoms with van der Waals surface area (Å²) >= 11 is 0. The van der Waals surface area contributed by atoms with Crippen LogP contribution in [0.15, 0.2) is 0 Å². The van der Waals surface area contributed by atoms with Crippen molar-refractivity contribution in [3.8, 4) is 0 Å². The Bertz CT molecular complexity index is 617. The van der Waals surface area contributed by atoms with Gasteiger partial charge in [0.1, 0.15) is 5.78 Å². The first kappa shape index (κ1) is 49.2. The summed E-state index contributed by atoms with van der Waals surface area (Å²) in [6.45, 7) is 16.4. The molecule has 2 rings (SSSR count). The monoisotopic (exact) mass is 727 g/mol. The van der Waals surface area contributed by atoms with E-state index >= 15 is 0 Å². The molecular weight excluding hydrogens is 652 g/mol. The van der Waals surface area contributed by atoms with Crippen molar-refractivity contribution in [2.24, 2.45) is 0 Å². The van der Waals surface area contributed by atoms with Crippen LogP contribution in [0.3, 0.4) is 0 Å². The standard InChI is InChI=1S/C30H60O13.C4H8.C3H6/c1-3-4-6-32-8-10-34-12-14-36-16-18-38-20-22-40-24-26-42-28-29-43-27-25-41-23-21-39-19-17-37-15-13-35-11-9-33-7-5-30(2)31;1-2-4-3-1;1-2-3-1/h3-29H2,1-2H3;1-4H2;1-3H2. The zero-order valence-electron chi connectivity index (χ0n) is 31.8. The Labute approximate surface area is 303 Å². The van der Waals surface area contributed by atoms with Gasteiger partial charge in [0.15, 0.2) is 0 Å². The summed E-state index contributed by atoms with van der Waals surface area (Å²) in [5.74, 6) is 0.127. The SMILES string of the molecule is C1CC1.C1CCC1.CCCCOCCOCCOCCOCCOCCOCCOCCOCCOCCOCCOCCOCCC(C)=O. The first-order valence-corrected chi connectivity index (χ1v) is 19.2. The van der Waals surface area contributed by atoms with E-state index in [-0.39, 0.29) is 5.78 Å². The van der Waals surface area contributed by atoms with Crippen LogP contribution < -0.4 is 0 Å². The van der Waals surface area contributed by atoms with Crippen LogP contribution in [0.5, 0.6) is 0 Å². The van der Waals surface area contributed by atoms with E-state index < -0.39 is 0 Å². The molecule has 0 bridgehead atoms. The minimum absolute atomic E-state index is 0.127. The Morgan fingerprint density at radius 2 is 0.500 bits per heavy atom. The van der Waals surface area contributed by atoms with Crippen molar-refractivity contribution in [3.05, 3.63) is 0 Å². The molecule has 0 aliphatic heterocycles. The van der Waals surface area contributed by atoms with Crippen molar-refractivity contribution in [1.29, 1.82) is 0 Å². The van der Waals surface area contributed by atoms with E-state index in [1.165, 1.54) is 44.9 Å². The van der Waals surface area contributed by atoms with Crippen LogP contribution in [0.4, 0.5) is 0 Å². The van der Waals surface area contributed by atoms with Crippen LogP contribution >= 0.6 is 0 Å². The lowest BCUT2D eigenvalue weighted by Crippen LogP contribution is -2.15. The molecule has 0 radical (unpaired) electrons. The van der Waals surface area contributed by atoms with Gasteiger partial charge in [0.25, 0.3) is 0 Å². The van der Waals surface area contributed by atoms with Gasteiger partial charge in [0.05, 0.1) is 152 Å². The summed E-state index contributed by atoms with van der Waals surface area (Å²) in [4.78, 5) is 10.8. The van der Waals surface area contributed by atoms with Crippen LogP contribution in [-0.2, 0) is 61.6 Å². The molecule has 2 fully saturated rings. The molecule has 0 aromatic rings. The van der Waals surface area contributed by atoms with Crippen LogP contribution in [-0.4, -0.2) is 164 Å². The van der Waals surface area contributed by atoms with Crippen LogP contribution in [0.2, 0.25) is 0 Å². The van der Waals surface area contributed by atoms with Crippen molar-refractivity contribution in [2.75, 3.05) is 159 Å². The Hall–Kier alpha value is -0.810. The third kappa shape index (κ3) is 51.6. The normalized spacial score (nSPS) is 13.2. The zero-order valence-corrected chi connectivity index (χ0v) is 31.8. The molecule has 0 spiro atoms. The van der Waals surface area contributed by atoms with Gasteiger partial charge in [0.2, 0.25) is 0 Å². The Kier molecular flexibility index (Phi) is 45.5. The molecule has 0 aromatic carbocycles. The molecule has 13 nitrogen and oxygen atoms in total. The first-order valence-electron chi connectivity index (χ1n) is 19.2. The fourth-order valence-electron chi connectivity index (χ4n) is 3.23. The highest BCUT2D eigenvalue weighted by Gasteiger charge is 1.98. The quantitative estimate of drug-likeness (QED) is 0.0814. The third-order valence-corrected chi connectivity index (χ3v) is 6.69. The molecule has 0 heterocycles. The predicted octanol–water partition coefficient (Wildman–Crippen LogP) is 4.70. The van der Waals surface area contributed by atoms with E-state index in [0.29, 0.717) is 158 Å². The average molecular weight is 727 g/mol. The highest BCUT2D eigenvalue weighted by Crippen LogP contribution is 2.15. The smallest absolute Gasteiger partial charge is 0.132 e. The molecule has 2 aliphatic rings. The van der Waals surface area contributed by atoms with Crippen LogP contribution in [0.1, 0.15) is 78.1 Å². The summed E-state index contributed by atoms with van der Waals surface area (Å²) in [5.41, 5.74) is 0. The van der Waals surface area contributed by atoms with Gasteiger partial charge in [-0.3, -0.25) is 4.79 Å². The number of rotatable bonds is 39. The maximum absolute atomic E-state index is 10.8. The zero-order chi connectivity index (χ0) is 36.1. The molecule has 0 atom stereocenters. The van der Waals surface area contributed by atoms with E-state index in [1.807, 2.05) is 0 Å². The average Bonchev–Trinajstić information content (AvgIpc) is 3.97. The molecule has 0 aromatic heterocycles. The Balaban J connectivity index is 0.00000301. The molecule has 50 heavy (non-hydrogen) atoms. The van der Waals surface area contributed by atoms with E-state index in [2.05, 4.69) is 6.92 Å². The van der Waals surface area contributed by atoms with E-state index in [1.54, 1.807) is 6.92 Å². The number of unbranched alkanes of at least 4 members (excludes halogenated alkanes) is 1. The van der Waals surface area contributed by atoms with Gasteiger partial charge in [-0.25, -0.2) is 0 Å². The largest absolute Gasteiger partial charge is 0.379 e. The van der Waals surface area contributed by atoms with Crippen LogP contribution in [0.25, 0.3) is 0 Å². The van der Waals surface area contributed by atoms with Crippen LogP contribution in [0, 0.1) is 0 Å². The number of hydrogen-bond donors (Lipinski definition) is 0. The third-order valence-electron chi connectivity index (χ3n) is 6.69. The van der Waals surface area contributed by atoms with Gasteiger partial charge in [-0.1, -0.05) is 58.3 Å². The lowest BCUT2D eigenvalue weighted by Gasteiger charge is -2.09. The fourth-order valence-corrected chi connectivity index (χ4v) is 3.23. The second-order valence-corrected chi connectivity index (χ2v) is 11.6. The number of carbonyl (C=O) groups excluding carboxylic acids is 1. The molecule has 300 valence electrons. The van der Waals surface area contributed by atoms with E-state index in [0.717, 1.165) is 19.4 Å². The fraction of sp³-hybridized carbons (Fsp3) is 0.973. The maximum atomic E-state index is 10.8. The van der Waals surface area contributed by atoms with Crippen molar-refractivity contribution < 1.29 is 61.6 Å². The number of carbonyl (C=O) groups is 1. The molecule has 2 saturated carbocycles. The number of Topliss-reactive ketones (excluding diaryl/α,β-unsaturated/α-hetero) is 1. The lowest BCUT2D eigenvalue weighted by molar-refractivity contribution is -0.118. The second-order valence-electron chi connectivity index (χ2n) is 11.6. The van der Waals surface area contributed by atoms with E-state index in [4.69, 9.17) is 56.8 Å². The van der Waals surface area contributed by atoms with Crippen molar-refractivity contribution in [2.45, 2.75) is 78.1 Å². The number of hydrogen-bond acceptors (Lipinski definition) is 13. The van der Waals surface area contributed by atoms with Crippen molar-refractivity contribution >= 4 is 5.78 Å². The highest BCUT2D eigenvalue weighted by atomic mass is 16.6. The van der Waals surface area contributed by atoms with Crippen molar-refractivity contribution in [3.63, 3.8) is 0 Å². The maximum Gasteiger partial charge on any atom is 0.132 e. The summed E-state index contributed by atoms with van der Waals surface area (Å²) < 4.78 is 65.1. The van der Waals surface area contributed by atoms with Gasteiger partial charge in [-0.15, -0.1) is 0 Å². The van der Waals surface area contributed by atoms with Crippen molar-refractivity contribution in [1.82, 2.24) is 0 Å². The minimum Gasteiger partial charge on any atom is -0.379 e. The van der Waals surface area contributed by atoms with Gasteiger partial charge in [-0.2, -0.15) is 0 Å². The Morgan fingerprint density at radius 1 is 0.320 bits per heavy atom. The lowest BCUT2D eigenvalue weighted by atomic mass is 10.0. The molecule has 0 amide bonds. The number of ether oxygens (including phenoxy) is 12. The minimum atomic E-state index is 0.127. The summed E-state index contributed by atoms with van der Waals surface area (Å²) in [5, 5.41) is 0.